The highest BCUT2D eigenvalue weighted by Crippen LogP contribution is 2.18. The normalized spacial score (nSPS) is 9.75. The van der Waals surface area contributed by atoms with E-state index in [4.69, 9.17) is 0 Å². The van der Waals surface area contributed by atoms with Crippen molar-refractivity contribution < 1.29 is 4.79 Å². The lowest BCUT2D eigenvalue weighted by molar-refractivity contribution is -0.107. The number of carbonyl (C=O) groups excluding carboxylic acids is 1. The summed E-state index contributed by atoms with van der Waals surface area (Å²) in [5.74, 6) is 0. The molecule has 0 aliphatic heterocycles. The molecule has 0 bridgehead atoms. The van der Waals surface area contributed by atoms with Crippen molar-refractivity contribution in [1.29, 1.82) is 0 Å². The minimum atomic E-state index is 0.568. The van der Waals surface area contributed by atoms with Gasteiger partial charge < -0.3 is 9.47 Å². The van der Waals surface area contributed by atoms with Crippen LogP contribution >= 0.6 is 0 Å². The van der Waals surface area contributed by atoms with Gasteiger partial charge in [-0.2, -0.15) is 0 Å². The number of imidazole rings is 1. The number of nitrogens with zero attached hydrogens (tertiary/aromatic N) is 3. The number of carbonyl (C=O) groups is 1. The predicted molar refractivity (Wildman–Crippen MR) is 97.8 cm³/mol. The van der Waals surface area contributed by atoms with Gasteiger partial charge in [-0.25, -0.2) is 4.98 Å². The van der Waals surface area contributed by atoms with Gasteiger partial charge >= 0.3 is 0 Å². The smallest absolute Gasteiger partial charge is 0.214 e. The van der Waals surface area contributed by atoms with Crippen LogP contribution in [0.15, 0.2) is 73.3 Å². The van der Waals surface area contributed by atoms with Crippen molar-refractivity contribution in [2.24, 2.45) is 0 Å². The van der Waals surface area contributed by atoms with E-state index in [0.29, 0.717) is 6.54 Å². The molecule has 0 saturated heterocycles. The summed E-state index contributed by atoms with van der Waals surface area (Å²) in [5, 5.41) is 0. The highest BCUT2D eigenvalue weighted by molar-refractivity contribution is 5.75. The number of rotatable bonds is 6. The molecule has 0 radical (unpaired) electrons. The molecule has 3 aromatic rings. The van der Waals surface area contributed by atoms with Crippen molar-refractivity contribution in [3.8, 4) is 0 Å². The van der Waals surface area contributed by atoms with Crippen LogP contribution in [0.25, 0.3) is 0 Å². The molecular formula is C20H23N3O. The zero-order chi connectivity index (χ0) is 17.2. The fourth-order valence-electron chi connectivity index (χ4n) is 2.39. The molecule has 4 nitrogen and oxygen atoms in total. The van der Waals surface area contributed by atoms with E-state index in [2.05, 4.69) is 11.1 Å². The van der Waals surface area contributed by atoms with Crippen molar-refractivity contribution in [3.05, 3.63) is 84.4 Å². The summed E-state index contributed by atoms with van der Waals surface area (Å²) in [5.41, 5.74) is 3.14. The third-order valence-corrected chi connectivity index (χ3v) is 3.49. The zero-order valence-corrected chi connectivity index (χ0v) is 14.2. The number of hydrogen-bond donors (Lipinski definition) is 0. The average Bonchev–Trinajstić information content (AvgIpc) is 3.15. The Morgan fingerprint density at radius 3 is 2.46 bits per heavy atom. The Hall–Kier alpha value is -2.88. The first kappa shape index (κ1) is 17.5. The minimum absolute atomic E-state index is 0.568. The monoisotopic (exact) mass is 321 g/mol. The lowest BCUT2D eigenvalue weighted by Gasteiger charge is -2.18. The van der Waals surface area contributed by atoms with Crippen LogP contribution in [0.4, 0.5) is 5.69 Å². The van der Waals surface area contributed by atoms with Crippen LogP contribution in [0.5, 0.6) is 0 Å². The fourth-order valence-corrected chi connectivity index (χ4v) is 2.39. The molecule has 3 rings (SSSR count). The second kappa shape index (κ2) is 9.30. The summed E-state index contributed by atoms with van der Waals surface area (Å²) < 4.78 is 2.00. The first-order chi connectivity index (χ1) is 11.8. The van der Waals surface area contributed by atoms with Gasteiger partial charge in [-0.05, 0) is 23.3 Å². The highest BCUT2D eigenvalue weighted by Gasteiger charge is 2.07. The van der Waals surface area contributed by atoms with E-state index < -0.39 is 0 Å². The van der Waals surface area contributed by atoms with E-state index in [0.717, 1.165) is 29.8 Å². The van der Waals surface area contributed by atoms with E-state index >= 15 is 0 Å². The Balaban J connectivity index is 0.00000100. The number of amides is 1. The van der Waals surface area contributed by atoms with E-state index in [1.807, 2.05) is 73.1 Å². The van der Waals surface area contributed by atoms with Gasteiger partial charge in [0.05, 0.1) is 12.9 Å². The van der Waals surface area contributed by atoms with Crippen LogP contribution < -0.4 is 4.90 Å². The van der Waals surface area contributed by atoms with E-state index in [1.165, 1.54) is 0 Å². The van der Waals surface area contributed by atoms with Gasteiger partial charge in [0, 0.05) is 24.6 Å². The van der Waals surface area contributed by atoms with Crippen molar-refractivity contribution in [1.82, 2.24) is 9.55 Å². The second-order valence-electron chi connectivity index (χ2n) is 5.12. The lowest BCUT2D eigenvalue weighted by Crippen LogP contribution is -2.20. The Morgan fingerprint density at radius 2 is 1.79 bits per heavy atom. The lowest BCUT2D eigenvalue weighted by atomic mass is 10.1. The molecule has 0 spiro atoms. The SMILES string of the molecule is CC.O=CN(Cc1ccccc1)c1cccc(Cn2ccnc2)c1. The van der Waals surface area contributed by atoms with Crippen LogP contribution in [-0.4, -0.2) is 16.0 Å². The molecule has 0 aliphatic rings. The van der Waals surface area contributed by atoms with Crippen LogP contribution in [0.1, 0.15) is 25.0 Å². The van der Waals surface area contributed by atoms with Gasteiger partial charge in [0.15, 0.2) is 0 Å². The van der Waals surface area contributed by atoms with Gasteiger partial charge in [0.25, 0.3) is 0 Å². The summed E-state index contributed by atoms with van der Waals surface area (Å²) in [7, 11) is 0. The van der Waals surface area contributed by atoms with Gasteiger partial charge in [-0.3, -0.25) is 4.79 Å². The van der Waals surface area contributed by atoms with E-state index in [1.54, 1.807) is 17.4 Å². The summed E-state index contributed by atoms with van der Waals surface area (Å²) in [4.78, 5) is 17.2. The summed E-state index contributed by atoms with van der Waals surface area (Å²) in [6, 6.07) is 18.0. The molecule has 1 aromatic heterocycles. The van der Waals surface area contributed by atoms with Crippen molar-refractivity contribution in [2.75, 3.05) is 4.90 Å². The van der Waals surface area contributed by atoms with Gasteiger partial charge in [0.2, 0.25) is 6.41 Å². The maximum absolute atomic E-state index is 11.4. The molecule has 2 aromatic carbocycles. The molecule has 0 saturated carbocycles. The standard InChI is InChI=1S/C18H17N3O.C2H6/c22-15-21(13-16-5-2-1-3-6-16)18-8-4-7-17(11-18)12-20-10-9-19-14-20;1-2/h1-11,14-15H,12-13H2;1-2H3. The quantitative estimate of drug-likeness (QED) is 0.641. The molecule has 0 atom stereocenters. The Bertz CT molecular complexity index is 724. The molecule has 0 aliphatic carbocycles. The number of aromatic nitrogens is 2. The summed E-state index contributed by atoms with van der Waals surface area (Å²) >= 11 is 0. The third-order valence-electron chi connectivity index (χ3n) is 3.49. The summed E-state index contributed by atoms with van der Waals surface area (Å²) in [6.07, 6.45) is 6.35. The van der Waals surface area contributed by atoms with Crippen molar-refractivity contribution in [3.63, 3.8) is 0 Å². The second-order valence-corrected chi connectivity index (χ2v) is 5.12. The Morgan fingerprint density at radius 1 is 1.04 bits per heavy atom. The molecule has 0 N–H and O–H groups in total. The van der Waals surface area contributed by atoms with Gasteiger partial charge in [-0.15, -0.1) is 0 Å². The van der Waals surface area contributed by atoms with Crippen LogP contribution in [0.2, 0.25) is 0 Å². The molecule has 4 heteroatoms. The zero-order valence-electron chi connectivity index (χ0n) is 14.2. The summed E-state index contributed by atoms with van der Waals surface area (Å²) in [6.45, 7) is 5.31. The number of hydrogen-bond acceptors (Lipinski definition) is 2. The molecule has 24 heavy (non-hydrogen) atoms. The van der Waals surface area contributed by atoms with E-state index in [-0.39, 0.29) is 0 Å². The Labute approximate surface area is 143 Å². The average molecular weight is 321 g/mol. The minimum Gasteiger partial charge on any atom is -0.333 e. The van der Waals surface area contributed by atoms with Gasteiger partial charge in [0.1, 0.15) is 0 Å². The van der Waals surface area contributed by atoms with Crippen LogP contribution in [0, 0.1) is 0 Å². The van der Waals surface area contributed by atoms with Gasteiger partial charge in [-0.1, -0.05) is 56.3 Å². The van der Waals surface area contributed by atoms with Crippen LogP contribution in [0.3, 0.4) is 0 Å². The Kier molecular flexibility index (Phi) is 6.77. The molecule has 0 unspecified atom stereocenters. The first-order valence-corrected chi connectivity index (χ1v) is 8.16. The molecule has 124 valence electrons. The molecule has 1 amide bonds. The van der Waals surface area contributed by atoms with E-state index in [9.17, 15) is 4.79 Å². The van der Waals surface area contributed by atoms with Crippen LogP contribution in [-0.2, 0) is 17.9 Å². The maximum Gasteiger partial charge on any atom is 0.214 e. The highest BCUT2D eigenvalue weighted by atomic mass is 16.1. The molecule has 0 fully saturated rings. The molecule has 1 heterocycles. The first-order valence-electron chi connectivity index (χ1n) is 8.16. The largest absolute Gasteiger partial charge is 0.333 e. The van der Waals surface area contributed by atoms with Crippen molar-refractivity contribution in [2.45, 2.75) is 26.9 Å². The molecular weight excluding hydrogens is 298 g/mol. The fraction of sp³-hybridized carbons (Fsp3) is 0.200. The topological polar surface area (TPSA) is 38.1 Å². The number of anilines is 1. The maximum atomic E-state index is 11.4. The third kappa shape index (κ3) is 4.81. The van der Waals surface area contributed by atoms with Crippen molar-refractivity contribution >= 4 is 12.1 Å². The number of benzene rings is 2. The predicted octanol–water partition coefficient (Wildman–Crippen LogP) is 4.12.